The summed E-state index contributed by atoms with van der Waals surface area (Å²) in [5.41, 5.74) is 5.95. The lowest BCUT2D eigenvalue weighted by Crippen LogP contribution is -2.43. The maximum Gasteiger partial charge on any atom is 0.155 e. The summed E-state index contributed by atoms with van der Waals surface area (Å²) in [4.78, 5) is 12.0. The molecule has 0 heterocycles. The van der Waals surface area contributed by atoms with E-state index in [1.54, 1.807) is 0 Å². The van der Waals surface area contributed by atoms with E-state index in [9.17, 15) is 4.79 Å². The highest BCUT2D eigenvalue weighted by Crippen LogP contribution is 2.65. The second-order valence-corrected chi connectivity index (χ2v) is 11.5. The number of hydrogen-bond acceptors (Lipinski definition) is 1. The second-order valence-electron chi connectivity index (χ2n) is 11.5. The van der Waals surface area contributed by atoms with Crippen LogP contribution in [-0.4, -0.2) is 5.78 Å². The molecule has 0 bridgehead atoms. The van der Waals surface area contributed by atoms with Gasteiger partial charge in [0.2, 0.25) is 0 Å². The lowest BCUT2D eigenvalue weighted by molar-refractivity contribution is -0.116. The summed E-state index contributed by atoms with van der Waals surface area (Å²) in [6.07, 6.45) is 16.0. The van der Waals surface area contributed by atoms with Crippen LogP contribution in [0.25, 0.3) is 0 Å². The van der Waals surface area contributed by atoms with E-state index in [0.717, 1.165) is 42.9 Å². The van der Waals surface area contributed by atoms with E-state index in [0.29, 0.717) is 11.2 Å². The molecule has 0 radical (unpaired) electrons. The van der Waals surface area contributed by atoms with Crippen molar-refractivity contribution >= 4 is 5.78 Å². The summed E-state index contributed by atoms with van der Waals surface area (Å²) in [5.74, 6) is 3.69. The van der Waals surface area contributed by atoms with Crippen LogP contribution in [0, 0.1) is 34.5 Å². The first-order valence-corrected chi connectivity index (χ1v) is 12.2. The van der Waals surface area contributed by atoms with Crippen molar-refractivity contribution in [1.82, 2.24) is 0 Å². The Hall–Kier alpha value is -0.850. The van der Waals surface area contributed by atoms with Crippen molar-refractivity contribution in [2.45, 2.75) is 105 Å². The zero-order valence-electron chi connectivity index (χ0n) is 19.1. The number of rotatable bonds is 5. The molecule has 28 heavy (non-hydrogen) atoms. The minimum atomic E-state index is 0.275. The van der Waals surface area contributed by atoms with Crippen LogP contribution in [0.1, 0.15) is 105 Å². The molecule has 0 amide bonds. The van der Waals surface area contributed by atoms with Crippen molar-refractivity contribution in [2.24, 2.45) is 34.5 Å². The largest absolute Gasteiger partial charge is 0.295 e. The van der Waals surface area contributed by atoms with E-state index in [1.807, 2.05) is 17.2 Å². The van der Waals surface area contributed by atoms with Crippen LogP contribution in [0.15, 0.2) is 22.8 Å². The minimum absolute atomic E-state index is 0.275. The van der Waals surface area contributed by atoms with Gasteiger partial charge in [-0.1, -0.05) is 70.6 Å². The lowest BCUT2D eigenvalue weighted by atomic mass is 9.51. The monoisotopic (exact) mass is 382 g/mol. The summed E-state index contributed by atoms with van der Waals surface area (Å²) in [6.45, 7) is 12.4. The van der Waals surface area contributed by atoms with Crippen LogP contribution in [0.3, 0.4) is 0 Å². The van der Waals surface area contributed by atoms with Gasteiger partial charge < -0.3 is 0 Å². The number of fused-ring (bicyclic) bond motifs is 4. The molecular weight excluding hydrogens is 340 g/mol. The fraction of sp³-hybridized carbons (Fsp3) is 0.815. The van der Waals surface area contributed by atoms with Crippen LogP contribution < -0.4 is 0 Å². The third-order valence-corrected chi connectivity index (χ3v) is 9.49. The topological polar surface area (TPSA) is 17.1 Å². The summed E-state index contributed by atoms with van der Waals surface area (Å²) in [7, 11) is 0. The molecule has 5 atom stereocenters. The molecule has 4 aliphatic carbocycles. The SMILES string of the molecule is CC(C)CCC[C@@H](C)[C@H]1CCC2=C3CCC4=CC(=O)CC[C@]4(C)[C@H]3CC[C@@]21C. The van der Waals surface area contributed by atoms with Gasteiger partial charge in [-0.2, -0.15) is 0 Å². The molecule has 2 fully saturated rings. The normalized spacial score (nSPS) is 38.8. The van der Waals surface area contributed by atoms with Gasteiger partial charge in [-0.25, -0.2) is 0 Å². The van der Waals surface area contributed by atoms with Crippen molar-refractivity contribution in [3.8, 4) is 0 Å². The zero-order valence-corrected chi connectivity index (χ0v) is 19.1. The predicted octanol–water partition coefficient (Wildman–Crippen LogP) is 7.66. The van der Waals surface area contributed by atoms with Gasteiger partial charge in [-0.05, 0) is 85.5 Å². The molecule has 0 spiro atoms. The summed E-state index contributed by atoms with van der Waals surface area (Å²) in [6, 6.07) is 0. The van der Waals surface area contributed by atoms with E-state index >= 15 is 0 Å². The maximum atomic E-state index is 12.0. The first-order valence-electron chi connectivity index (χ1n) is 12.2. The quantitative estimate of drug-likeness (QED) is 0.446. The fourth-order valence-corrected chi connectivity index (χ4v) is 7.81. The smallest absolute Gasteiger partial charge is 0.155 e. The number of ketones is 1. The van der Waals surface area contributed by atoms with Crippen LogP contribution in [-0.2, 0) is 4.79 Å². The molecule has 0 saturated heterocycles. The molecule has 2 saturated carbocycles. The van der Waals surface area contributed by atoms with Crippen molar-refractivity contribution in [3.05, 3.63) is 22.8 Å². The molecule has 0 unspecified atom stereocenters. The Morgan fingerprint density at radius 3 is 2.50 bits per heavy atom. The molecule has 4 rings (SSSR count). The van der Waals surface area contributed by atoms with Crippen molar-refractivity contribution in [1.29, 1.82) is 0 Å². The first kappa shape index (κ1) is 20.4. The molecule has 0 aromatic rings. The Kier molecular flexibility index (Phi) is 5.43. The Morgan fingerprint density at radius 1 is 0.964 bits per heavy atom. The maximum absolute atomic E-state index is 12.0. The lowest BCUT2D eigenvalue weighted by Gasteiger charge is -2.53. The highest BCUT2D eigenvalue weighted by Gasteiger charge is 2.53. The van der Waals surface area contributed by atoms with E-state index in [4.69, 9.17) is 0 Å². The fourth-order valence-electron chi connectivity index (χ4n) is 7.81. The van der Waals surface area contributed by atoms with Crippen LogP contribution in [0.5, 0.6) is 0 Å². The van der Waals surface area contributed by atoms with Gasteiger partial charge in [0.15, 0.2) is 5.78 Å². The molecule has 0 aromatic carbocycles. The van der Waals surface area contributed by atoms with Gasteiger partial charge in [0.05, 0.1) is 0 Å². The molecular formula is C27H42O. The summed E-state index contributed by atoms with van der Waals surface area (Å²) >= 11 is 0. The number of hydrogen-bond donors (Lipinski definition) is 0. The average Bonchev–Trinajstić information content (AvgIpc) is 2.99. The molecule has 4 aliphatic rings. The highest BCUT2D eigenvalue weighted by atomic mass is 16.1. The summed E-state index contributed by atoms with van der Waals surface area (Å²) < 4.78 is 0. The van der Waals surface area contributed by atoms with Crippen LogP contribution in [0.2, 0.25) is 0 Å². The van der Waals surface area contributed by atoms with Gasteiger partial charge in [-0.15, -0.1) is 0 Å². The molecule has 1 heteroatoms. The number of carbonyl (C=O) groups is 1. The van der Waals surface area contributed by atoms with Gasteiger partial charge in [0, 0.05) is 6.42 Å². The molecule has 0 aliphatic heterocycles. The predicted molar refractivity (Wildman–Crippen MR) is 118 cm³/mol. The number of allylic oxidation sites excluding steroid dienone is 4. The Morgan fingerprint density at radius 2 is 1.75 bits per heavy atom. The molecule has 0 N–H and O–H groups in total. The zero-order chi connectivity index (χ0) is 20.1. The average molecular weight is 383 g/mol. The van der Waals surface area contributed by atoms with Gasteiger partial charge in [0.1, 0.15) is 0 Å². The van der Waals surface area contributed by atoms with Crippen molar-refractivity contribution < 1.29 is 4.79 Å². The van der Waals surface area contributed by atoms with E-state index in [2.05, 4.69) is 34.6 Å². The standard InChI is InChI=1S/C27H42O/c1-18(2)7-6-8-19(3)23-11-12-24-22-10-9-20-17-21(28)13-15-26(20,4)25(22)14-16-27(23,24)5/h17-19,23,25H,6-16H2,1-5H3/t19-,23-,25+,26+,27-/m1/s1. The van der Waals surface area contributed by atoms with Crippen LogP contribution >= 0.6 is 0 Å². The Balaban J connectivity index is 1.57. The second kappa shape index (κ2) is 7.44. The van der Waals surface area contributed by atoms with Gasteiger partial charge in [0.25, 0.3) is 0 Å². The van der Waals surface area contributed by atoms with Crippen molar-refractivity contribution in [3.63, 3.8) is 0 Å². The van der Waals surface area contributed by atoms with E-state index in [1.165, 1.54) is 56.9 Å². The van der Waals surface area contributed by atoms with Gasteiger partial charge in [-0.3, -0.25) is 4.79 Å². The van der Waals surface area contributed by atoms with Crippen molar-refractivity contribution in [2.75, 3.05) is 0 Å². The Bertz CT molecular complexity index is 695. The molecule has 156 valence electrons. The van der Waals surface area contributed by atoms with E-state index < -0.39 is 0 Å². The Labute approximate surface area is 173 Å². The highest BCUT2D eigenvalue weighted by molar-refractivity contribution is 5.91. The van der Waals surface area contributed by atoms with Crippen LogP contribution in [0.4, 0.5) is 0 Å². The number of carbonyl (C=O) groups excluding carboxylic acids is 1. The molecule has 0 aromatic heterocycles. The van der Waals surface area contributed by atoms with Gasteiger partial charge >= 0.3 is 0 Å². The first-order chi connectivity index (χ1) is 13.3. The summed E-state index contributed by atoms with van der Waals surface area (Å²) in [5, 5.41) is 0. The third-order valence-electron chi connectivity index (χ3n) is 9.49. The molecule has 1 nitrogen and oxygen atoms in total. The minimum Gasteiger partial charge on any atom is -0.295 e. The third kappa shape index (κ3) is 3.25. The van der Waals surface area contributed by atoms with E-state index in [-0.39, 0.29) is 5.41 Å².